The summed E-state index contributed by atoms with van der Waals surface area (Å²) in [5, 5.41) is 0. The van der Waals surface area contributed by atoms with Crippen molar-refractivity contribution in [1.82, 2.24) is 9.80 Å². The van der Waals surface area contributed by atoms with Crippen LogP contribution in [0.1, 0.15) is 71.4 Å². The van der Waals surface area contributed by atoms with Crippen LogP contribution in [0.5, 0.6) is 0 Å². The number of piperidine rings is 1. The van der Waals surface area contributed by atoms with Gasteiger partial charge in [-0.2, -0.15) is 0 Å². The van der Waals surface area contributed by atoms with Gasteiger partial charge in [0.1, 0.15) is 0 Å². The van der Waals surface area contributed by atoms with Crippen LogP contribution in [0.25, 0.3) is 0 Å². The number of allylic oxidation sites excluding steroid dienone is 4. The van der Waals surface area contributed by atoms with E-state index in [1.54, 1.807) is 22.0 Å². The fraction of sp³-hybridized carbons (Fsp3) is 0.375. The van der Waals surface area contributed by atoms with E-state index in [0.29, 0.717) is 31.0 Å². The van der Waals surface area contributed by atoms with Gasteiger partial charge < -0.3 is 9.80 Å². The lowest BCUT2D eigenvalue weighted by Crippen LogP contribution is -2.36. The number of hydrogen-bond donors (Lipinski definition) is 0. The maximum absolute atomic E-state index is 13.4. The zero-order valence-electron chi connectivity index (χ0n) is 21.7. The second kappa shape index (κ2) is 7.85. The van der Waals surface area contributed by atoms with Crippen LogP contribution in [0, 0.1) is 11.8 Å². The van der Waals surface area contributed by atoms with Crippen molar-refractivity contribution < 1.29 is 19.2 Å². The highest BCUT2D eigenvalue weighted by Crippen LogP contribution is 2.66. The Balaban J connectivity index is 1.04. The third kappa shape index (κ3) is 2.94. The number of hydrogen-bond acceptors (Lipinski definition) is 4. The third-order valence-electron chi connectivity index (χ3n) is 9.87. The van der Waals surface area contributed by atoms with E-state index in [2.05, 4.69) is 13.8 Å². The third-order valence-corrected chi connectivity index (χ3v) is 9.87. The van der Waals surface area contributed by atoms with Crippen molar-refractivity contribution in [3.05, 3.63) is 94.3 Å². The summed E-state index contributed by atoms with van der Waals surface area (Å²) in [6, 6.07) is 15.4. The molecule has 7 rings (SSSR count). The number of benzene rings is 2. The van der Waals surface area contributed by atoms with E-state index in [-0.39, 0.29) is 47.6 Å². The number of carbonyl (C=O) groups is 4. The van der Waals surface area contributed by atoms with Crippen LogP contribution < -0.4 is 0 Å². The van der Waals surface area contributed by atoms with Crippen molar-refractivity contribution in [3.63, 3.8) is 0 Å². The first kappa shape index (κ1) is 23.3. The molecule has 0 aromatic heterocycles. The highest BCUT2D eigenvalue weighted by molar-refractivity contribution is 6.09. The molecule has 4 atom stereocenters. The Labute approximate surface area is 222 Å². The van der Waals surface area contributed by atoms with Crippen LogP contribution in [-0.4, -0.2) is 46.3 Å². The van der Waals surface area contributed by atoms with Gasteiger partial charge in [-0.1, -0.05) is 55.5 Å². The molecule has 2 aliphatic heterocycles. The summed E-state index contributed by atoms with van der Waals surface area (Å²) in [6.45, 7) is 5.44. The summed E-state index contributed by atoms with van der Waals surface area (Å²) in [5.74, 6) is 0.353. The highest BCUT2D eigenvalue weighted by Gasteiger charge is 2.67. The maximum atomic E-state index is 13.4. The van der Waals surface area contributed by atoms with Crippen molar-refractivity contribution in [2.75, 3.05) is 13.1 Å². The van der Waals surface area contributed by atoms with E-state index in [4.69, 9.17) is 0 Å². The standard InChI is InChI=1S/C32H30N2O4/c1-19-17-33(27-14-25(35)21-8-3-5-10-23(21)31(19,27)2)29(37)12-7-13-30(38)34-18-20-16-32(20)24-11-6-4-9-22(24)26(36)15-28(32)34/h3-6,8-11,14-15,19-20H,7,12-13,16-18H2,1-2H3/t19-,20-,31?,32?/m1/s1. The van der Waals surface area contributed by atoms with Gasteiger partial charge >= 0.3 is 0 Å². The Morgan fingerprint density at radius 1 is 0.816 bits per heavy atom. The van der Waals surface area contributed by atoms with E-state index in [0.717, 1.165) is 34.5 Å². The van der Waals surface area contributed by atoms with E-state index in [9.17, 15) is 19.2 Å². The Morgan fingerprint density at radius 3 is 2.05 bits per heavy atom. The van der Waals surface area contributed by atoms with Crippen molar-refractivity contribution >= 4 is 23.4 Å². The van der Waals surface area contributed by atoms with Gasteiger partial charge in [-0.05, 0) is 42.7 Å². The fourth-order valence-electron chi connectivity index (χ4n) is 7.59. The number of likely N-dealkylation sites (tertiary alicyclic amines) is 2. The van der Waals surface area contributed by atoms with Gasteiger partial charge in [-0.3, -0.25) is 19.2 Å². The summed E-state index contributed by atoms with van der Waals surface area (Å²) in [7, 11) is 0. The number of amides is 2. The molecule has 2 unspecified atom stereocenters. The molecule has 3 fully saturated rings. The minimum Gasteiger partial charge on any atom is -0.315 e. The molecule has 0 N–H and O–H groups in total. The molecule has 2 heterocycles. The smallest absolute Gasteiger partial charge is 0.226 e. The van der Waals surface area contributed by atoms with Crippen LogP contribution in [0.3, 0.4) is 0 Å². The lowest BCUT2D eigenvalue weighted by Gasteiger charge is -2.35. The van der Waals surface area contributed by atoms with E-state index >= 15 is 0 Å². The second-order valence-electron chi connectivity index (χ2n) is 11.7. The monoisotopic (exact) mass is 506 g/mol. The fourth-order valence-corrected chi connectivity index (χ4v) is 7.59. The summed E-state index contributed by atoms with van der Waals surface area (Å²) < 4.78 is 0. The molecule has 0 radical (unpaired) electrons. The molecular weight excluding hydrogens is 476 g/mol. The molecule has 2 amide bonds. The predicted molar refractivity (Wildman–Crippen MR) is 141 cm³/mol. The topological polar surface area (TPSA) is 74.8 Å². The molecule has 192 valence electrons. The number of ketones is 2. The molecule has 2 aromatic rings. The SMILES string of the molecule is C[C@@H]1CN(C(=O)CCCC(=O)N2C[C@H]3CC34C2=CC(=O)c2ccccc24)C2=CC(=O)c3ccccc3C21C. The predicted octanol–water partition coefficient (Wildman–Crippen LogP) is 4.55. The highest BCUT2D eigenvalue weighted by atomic mass is 16.2. The number of rotatable bonds is 4. The first-order valence-corrected chi connectivity index (χ1v) is 13.6. The minimum absolute atomic E-state index is 0.0246. The molecular formula is C32H30N2O4. The summed E-state index contributed by atoms with van der Waals surface area (Å²) in [4.78, 5) is 55.8. The maximum Gasteiger partial charge on any atom is 0.226 e. The van der Waals surface area contributed by atoms with Gasteiger partial charge in [0.05, 0.1) is 0 Å². The van der Waals surface area contributed by atoms with E-state index in [1.165, 1.54) is 0 Å². The molecule has 6 nitrogen and oxygen atoms in total. The molecule has 3 aliphatic carbocycles. The molecule has 6 heteroatoms. The summed E-state index contributed by atoms with van der Waals surface area (Å²) >= 11 is 0. The van der Waals surface area contributed by atoms with Crippen molar-refractivity contribution in [1.29, 1.82) is 0 Å². The van der Waals surface area contributed by atoms with Crippen LogP contribution in [0.15, 0.2) is 72.1 Å². The lowest BCUT2D eigenvalue weighted by atomic mass is 9.68. The minimum atomic E-state index is -0.392. The average Bonchev–Trinajstić information content (AvgIpc) is 3.46. The van der Waals surface area contributed by atoms with Gasteiger partial charge in [-0.15, -0.1) is 0 Å². The number of carbonyl (C=O) groups excluding carboxylic acids is 4. The first-order valence-electron chi connectivity index (χ1n) is 13.6. The first-order chi connectivity index (χ1) is 18.3. The van der Waals surface area contributed by atoms with E-state index < -0.39 is 5.41 Å². The van der Waals surface area contributed by atoms with Crippen molar-refractivity contribution in [2.45, 2.75) is 50.4 Å². The zero-order valence-corrected chi connectivity index (χ0v) is 21.7. The molecule has 1 saturated carbocycles. The van der Waals surface area contributed by atoms with Gasteiger partial charge in [0.25, 0.3) is 0 Å². The molecule has 38 heavy (non-hydrogen) atoms. The van der Waals surface area contributed by atoms with E-state index in [1.807, 2.05) is 48.5 Å². The van der Waals surface area contributed by atoms with Crippen LogP contribution in [0.2, 0.25) is 0 Å². The van der Waals surface area contributed by atoms with Gasteiger partial charge in [-0.25, -0.2) is 0 Å². The molecule has 1 spiro atoms. The molecule has 2 aromatic carbocycles. The Kier molecular flexibility index (Phi) is 4.82. The average molecular weight is 507 g/mol. The van der Waals surface area contributed by atoms with Gasteiger partial charge in [0.15, 0.2) is 11.6 Å². The Morgan fingerprint density at radius 2 is 1.37 bits per heavy atom. The Hall–Kier alpha value is -3.80. The van der Waals surface area contributed by atoms with Gasteiger partial charge in [0, 0.05) is 71.4 Å². The lowest BCUT2D eigenvalue weighted by molar-refractivity contribution is -0.130. The van der Waals surface area contributed by atoms with Crippen LogP contribution >= 0.6 is 0 Å². The van der Waals surface area contributed by atoms with Gasteiger partial charge in [0.2, 0.25) is 11.8 Å². The molecule has 0 bridgehead atoms. The summed E-state index contributed by atoms with van der Waals surface area (Å²) in [5.41, 5.74) is 4.54. The van der Waals surface area contributed by atoms with Crippen molar-refractivity contribution in [3.8, 4) is 0 Å². The quantitative estimate of drug-likeness (QED) is 0.610. The molecule has 5 aliphatic rings. The largest absolute Gasteiger partial charge is 0.315 e. The zero-order chi connectivity index (χ0) is 26.4. The molecule has 2 saturated heterocycles. The second-order valence-corrected chi connectivity index (χ2v) is 11.7. The number of fused-ring (bicyclic) bond motifs is 4. The summed E-state index contributed by atoms with van der Waals surface area (Å²) in [6.07, 6.45) is 5.20. The Bertz CT molecular complexity index is 1520. The van der Waals surface area contributed by atoms with Crippen molar-refractivity contribution in [2.24, 2.45) is 11.8 Å². The number of nitrogens with zero attached hydrogens (tertiary/aromatic N) is 2. The van der Waals surface area contributed by atoms with Crippen LogP contribution in [0.4, 0.5) is 0 Å². The van der Waals surface area contributed by atoms with Crippen LogP contribution in [-0.2, 0) is 20.4 Å². The normalized spacial score (nSPS) is 30.1.